The molecule has 126 valence electrons. The number of benzene rings is 1. The Bertz CT molecular complexity index is 551. The molecule has 1 heterocycles. The third-order valence-corrected chi connectivity index (χ3v) is 4.96. The van der Waals surface area contributed by atoms with Gasteiger partial charge in [-0.05, 0) is 31.9 Å². The number of amides is 1. The fourth-order valence-electron chi connectivity index (χ4n) is 2.75. The Hall–Kier alpha value is -1.49. The van der Waals surface area contributed by atoms with Crippen molar-refractivity contribution in [1.29, 1.82) is 0 Å². The molecule has 0 atom stereocenters. The van der Waals surface area contributed by atoms with E-state index in [0.29, 0.717) is 37.8 Å². The van der Waals surface area contributed by atoms with Gasteiger partial charge in [0.05, 0.1) is 18.1 Å². The van der Waals surface area contributed by atoms with E-state index in [4.69, 9.17) is 4.74 Å². The summed E-state index contributed by atoms with van der Waals surface area (Å²) in [5, 5.41) is 0.429. The van der Waals surface area contributed by atoms with Crippen molar-refractivity contribution in [1.82, 2.24) is 4.90 Å². The van der Waals surface area contributed by atoms with Crippen molar-refractivity contribution in [2.75, 3.05) is 19.7 Å². The summed E-state index contributed by atoms with van der Waals surface area (Å²) in [5.74, 6) is -0.134. The van der Waals surface area contributed by atoms with E-state index in [1.807, 2.05) is 36.1 Å². The Balaban J connectivity index is 2.01. The second-order valence-electron chi connectivity index (χ2n) is 5.98. The molecule has 2 rings (SSSR count). The number of nitrogens with zero attached hydrogens (tertiary/aromatic N) is 1. The fourth-order valence-corrected chi connectivity index (χ4v) is 3.70. The lowest BCUT2D eigenvalue weighted by molar-refractivity contribution is -0.149. The Morgan fingerprint density at radius 1 is 1.26 bits per heavy atom. The predicted octanol–water partition coefficient (Wildman–Crippen LogP) is 3.60. The van der Waals surface area contributed by atoms with Gasteiger partial charge in [0.1, 0.15) is 0 Å². The van der Waals surface area contributed by atoms with Crippen LogP contribution in [-0.4, -0.2) is 41.7 Å². The van der Waals surface area contributed by atoms with Gasteiger partial charge in [0.2, 0.25) is 0 Å². The number of thioether (sulfide) groups is 1. The molecule has 0 spiro atoms. The monoisotopic (exact) mass is 335 g/mol. The molecule has 1 saturated heterocycles. The van der Waals surface area contributed by atoms with Gasteiger partial charge in [0.15, 0.2) is 0 Å². The van der Waals surface area contributed by atoms with Gasteiger partial charge >= 0.3 is 5.97 Å². The second kappa shape index (κ2) is 8.39. The van der Waals surface area contributed by atoms with Crippen LogP contribution >= 0.6 is 11.8 Å². The fraction of sp³-hybridized carbons (Fsp3) is 0.556. The molecule has 1 aromatic carbocycles. The van der Waals surface area contributed by atoms with Crippen molar-refractivity contribution < 1.29 is 14.3 Å². The van der Waals surface area contributed by atoms with Gasteiger partial charge in [0.25, 0.3) is 5.91 Å². The first-order chi connectivity index (χ1) is 11.0. The molecule has 0 saturated carbocycles. The molecule has 1 amide bonds. The highest BCUT2D eigenvalue weighted by Crippen LogP contribution is 2.28. The minimum absolute atomic E-state index is 0.0658. The molecule has 0 aliphatic carbocycles. The summed E-state index contributed by atoms with van der Waals surface area (Å²) in [6.45, 7) is 7.71. The molecular formula is C18H25NO3S. The molecule has 4 nitrogen and oxygen atoms in total. The zero-order valence-corrected chi connectivity index (χ0v) is 14.9. The largest absolute Gasteiger partial charge is 0.466 e. The first-order valence-electron chi connectivity index (χ1n) is 8.24. The second-order valence-corrected chi connectivity index (χ2v) is 7.60. The maximum Gasteiger partial charge on any atom is 0.309 e. The molecule has 0 unspecified atom stereocenters. The van der Waals surface area contributed by atoms with Crippen LogP contribution in [0.1, 0.15) is 44.0 Å². The highest BCUT2D eigenvalue weighted by Gasteiger charge is 2.29. The predicted molar refractivity (Wildman–Crippen MR) is 92.7 cm³/mol. The normalized spacial score (nSPS) is 15.7. The number of hydrogen-bond acceptors (Lipinski definition) is 4. The number of ether oxygens (including phenoxy) is 1. The van der Waals surface area contributed by atoms with Gasteiger partial charge in [0, 0.05) is 23.2 Å². The van der Waals surface area contributed by atoms with E-state index in [2.05, 4.69) is 13.8 Å². The SMILES string of the molecule is CCOC(=O)C1CCN(C(=O)c2ccccc2SC(C)C)CC1. The van der Waals surface area contributed by atoms with E-state index >= 15 is 0 Å². The molecule has 0 N–H and O–H groups in total. The molecule has 0 radical (unpaired) electrons. The smallest absolute Gasteiger partial charge is 0.309 e. The first kappa shape index (κ1) is 17.9. The molecule has 23 heavy (non-hydrogen) atoms. The Morgan fingerprint density at radius 3 is 2.52 bits per heavy atom. The van der Waals surface area contributed by atoms with E-state index in [9.17, 15) is 9.59 Å². The summed E-state index contributed by atoms with van der Waals surface area (Å²) in [6.07, 6.45) is 1.37. The zero-order valence-electron chi connectivity index (χ0n) is 14.1. The van der Waals surface area contributed by atoms with Crippen molar-refractivity contribution in [2.45, 2.75) is 43.8 Å². The number of carbonyl (C=O) groups is 2. The average molecular weight is 335 g/mol. The van der Waals surface area contributed by atoms with Crippen molar-refractivity contribution in [3.63, 3.8) is 0 Å². The van der Waals surface area contributed by atoms with Crippen LogP contribution in [0.25, 0.3) is 0 Å². The summed E-state index contributed by atoms with van der Waals surface area (Å²) in [6, 6.07) is 7.77. The summed E-state index contributed by atoms with van der Waals surface area (Å²) in [7, 11) is 0. The summed E-state index contributed by atoms with van der Waals surface area (Å²) in [4.78, 5) is 27.5. The lowest BCUT2D eigenvalue weighted by Crippen LogP contribution is -2.40. The average Bonchev–Trinajstić information content (AvgIpc) is 2.54. The molecule has 0 bridgehead atoms. The van der Waals surface area contributed by atoms with Crippen molar-refractivity contribution in [3.05, 3.63) is 29.8 Å². The molecule has 0 aromatic heterocycles. The van der Waals surface area contributed by atoms with Gasteiger partial charge in [-0.1, -0.05) is 26.0 Å². The van der Waals surface area contributed by atoms with Crippen LogP contribution in [0.4, 0.5) is 0 Å². The van der Waals surface area contributed by atoms with Crippen molar-refractivity contribution in [2.24, 2.45) is 5.92 Å². The quantitative estimate of drug-likeness (QED) is 0.609. The van der Waals surface area contributed by atoms with Gasteiger partial charge in [-0.15, -0.1) is 11.8 Å². The maximum absolute atomic E-state index is 12.8. The lowest BCUT2D eigenvalue weighted by atomic mass is 9.96. The Morgan fingerprint density at radius 2 is 1.91 bits per heavy atom. The third kappa shape index (κ3) is 4.74. The van der Waals surface area contributed by atoms with Crippen LogP contribution < -0.4 is 0 Å². The summed E-state index contributed by atoms with van der Waals surface area (Å²) in [5.41, 5.74) is 0.765. The van der Waals surface area contributed by atoms with Crippen LogP contribution in [0.3, 0.4) is 0 Å². The lowest BCUT2D eigenvalue weighted by Gasteiger charge is -2.31. The number of carbonyl (C=O) groups excluding carboxylic acids is 2. The van der Waals surface area contributed by atoms with Gasteiger partial charge in [-0.25, -0.2) is 0 Å². The zero-order chi connectivity index (χ0) is 16.8. The van der Waals surface area contributed by atoms with Gasteiger partial charge in [-0.2, -0.15) is 0 Å². The minimum Gasteiger partial charge on any atom is -0.466 e. The van der Waals surface area contributed by atoms with Crippen LogP contribution in [-0.2, 0) is 9.53 Å². The van der Waals surface area contributed by atoms with Crippen LogP contribution in [0.2, 0.25) is 0 Å². The van der Waals surface area contributed by atoms with E-state index in [1.54, 1.807) is 11.8 Å². The number of esters is 1. The number of piperidine rings is 1. The van der Waals surface area contributed by atoms with Crippen LogP contribution in [0.15, 0.2) is 29.2 Å². The van der Waals surface area contributed by atoms with Gasteiger partial charge < -0.3 is 9.64 Å². The number of likely N-dealkylation sites (tertiary alicyclic amines) is 1. The van der Waals surface area contributed by atoms with Crippen LogP contribution in [0, 0.1) is 5.92 Å². The summed E-state index contributed by atoms with van der Waals surface area (Å²) >= 11 is 1.71. The molecule has 5 heteroatoms. The number of hydrogen-bond donors (Lipinski definition) is 0. The highest BCUT2D eigenvalue weighted by atomic mass is 32.2. The molecule has 1 fully saturated rings. The highest BCUT2D eigenvalue weighted by molar-refractivity contribution is 8.00. The van der Waals surface area contributed by atoms with Crippen molar-refractivity contribution in [3.8, 4) is 0 Å². The van der Waals surface area contributed by atoms with E-state index in [0.717, 1.165) is 10.5 Å². The van der Waals surface area contributed by atoms with E-state index < -0.39 is 0 Å². The van der Waals surface area contributed by atoms with Crippen LogP contribution in [0.5, 0.6) is 0 Å². The molecular weight excluding hydrogens is 310 g/mol. The standard InChI is InChI=1S/C18H25NO3S/c1-4-22-18(21)14-9-11-19(12-10-14)17(20)15-7-5-6-8-16(15)23-13(2)3/h5-8,13-14H,4,9-12H2,1-3H3. The van der Waals surface area contributed by atoms with Crippen molar-refractivity contribution >= 4 is 23.6 Å². The minimum atomic E-state index is -0.129. The Labute approximate surface area is 142 Å². The molecule has 1 aliphatic rings. The molecule has 1 aromatic rings. The summed E-state index contributed by atoms with van der Waals surface area (Å²) < 4.78 is 5.08. The Kier molecular flexibility index (Phi) is 6.51. The van der Waals surface area contributed by atoms with E-state index in [-0.39, 0.29) is 17.8 Å². The first-order valence-corrected chi connectivity index (χ1v) is 9.12. The molecule has 1 aliphatic heterocycles. The van der Waals surface area contributed by atoms with Gasteiger partial charge in [-0.3, -0.25) is 9.59 Å². The maximum atomic E-state index is 12.8. The number of rotatable bonds is 5. The third-order valence-electron chi connectivity index (χ3n) is 3.88. The van der Waals surface area contributed by atoms with E-state index in [1.165, 1.54) is 0 Å². The topological polar surface area (TPSA) is 46.6 Å².